The van der Waals surface area contributed by atoms with E-state index in [1.54, 1.807) is 52.8 Å². The van der Waals surface area contributed by atoms with Crippen LogP contribution in [0.15, 0.2) is 58.9 Å². The highest BCUT2D eigenvalue weighted by Crippen LogP contribution is 2.45. The van der Waals surface area contributed by atoms with Crippen molar-refractivity contribution in [3.8, 4) is 27.6 Å². The molecule has 0 aliphatic heterocycles. The Morgan fingerprint density at radius 1 is 1.28 bits per heavy atom. The lowest BCUT2D eigenvalue weighted by Gasteiger charge is -2.09. The summed E-state index contributed by atoms with van der Waals surface area (Å²) >= 11 is 4.95. The molecule has 0 bridgehead atoms. The van der Waals surface area contributed by atoms with Crippen LogP contribution in [0, 0.1) is 0 Å². The summed E-state index contributed by atoms with van der Waals surface area (Å²) in [6.07, 6.45) is 5.31. The number of nitrogens with zero attached hydrogens (tertiary/aromatic N) is 2. The number of anilines is 1. The quantitative estimate of drug-likeness (QED) is 0.150. The lowest BCUT2D eigenvalue weighted by atomic mass is 10.0. The third-order valence-electron chi connectivity index (χ3n) is 4.57. The number of carboxylic acids is 1. The number of ether oxygens (including phenoxy) is 1. The Morgan fingerprint density at radius 2 is 1.97 bits per heavy atom. The molecule has 0 unspecified atom stereocenters. The maximum absolute atomic E-state index is 10.7. The van der Waals surface area contributed by atoms with Gasteiger partial charge in [0.2, 0.25) is 0 Å². The maximum atomic E-state index is 10.7. The molecular formula is C26H32N4O3S3. The fraction of sp³-hybridized carbons (Fsp3) is 0.269. The number of carbonyl (C=O) groups is 1. The molecule has 7 nitrogen and oxygen atoms in total. The summed E-state index contributed by atoms with van der Waals surface area (Å²) in [5, 5.41) is 12.5. The minimum absolute atomic E-state index is 0.372. The first-order valence-electron chi connectivity index (χ1n) is 11.5. The van der Waals surface area contributed by atoms with E-state index >= 15 is 0 Å². The van der Waals surface area contributed by atoms with Crippen LogP contribution in [0.3, 0.4) is 0 Å². The second-order valence-electron chi connectivity index (χ2n) is 7.02. The van der Waals surface area contributed by atoms with E-state index in [2.05, 4.69) is 24.2 Å². The highest BCUT2D eigenvalue weighted by Gasteiger charge is 2.19. The summed E-state index contributed by atoms with van der Waals surface area (Å²) in [6, 6.07) is 9.40. The Hall–Kier alpha value is -3.08. The minimum atomic E-state index is -1.01. The van der Waals surface area contributed by atoms with E-state index in [0.29, 0.717) is 5.75 Å². The van der Waals surface area contributed by atoms with Crippen molar-refractivity contribution in [1.82, 2.24) is 9.97 Å². The molecule has 1 aromatic carbocycles. The molecule has 0 fully saturated rings. The van der Waals surface area contributed by atoms with Crippen LogP contribution in [0.25, 0.3) is 32.0 Å². The van der Waals surface area contributed by atoms with Crippen molar-refractivity contribution < 1.29 is 14.6 Å². The van der Waals surface area contributed by atoms with Gasteiger partial charge in [0.15, 0.2) is 6.61 Å². The lowest BCUT2D eigenvalue weighted by Crippen LogP contribution is -2.09. The number of carboxylic acid groups (broad SMARTS) is 1. The zero-order valence-electron chi connectivity index (χ0n) is 20.7. The second kappa shape index (κ2) is 15.1. The molecule has 192 valence electrons. The number of nitrogens with two attached hydrogens (primary N) is 2. The van der Waals surface area contributed by atoms with E-state index in [9.17, 15) is 4.79 Å². The van der Waals surface area contributed by atoms with Crippen LogP contribution >= 0.6 is 34.4 Å². The molecule has 5 N–H and O–H groups in total. The highest BCUT2D eigenvalue weighted by molar-refractivity contribution is 8.01. The van der Waals surface area contributed by atoms with Gasteiger partial charge in [-0.25, -0.2) is 14.8 Å². The van der Waals surface area contributed by atoms with E-state index < -0.39 is 5.97 Å². The van der Waals surface area contributed by atoms with Crippen molar-refractivity contribution in [3.63, 3.8) is 0 Å². The van der Waals surface area contributed by atoms with Crippen molar-refractivity contribution >= 4 is 56.3 Å². The molecule has 3 heterocycles. The third-order valence-corrected chi connectivity index (χ3v) is 7.84. The standard InChI is InChI=1S/C22H21N3O3S3.C2H5N.C2H6/c1-2-3-9-30-22-19(23)18-15(13-4-6-14(7-5-13)28-12-17(26)27)11-16(25-21(18)31-22)20-24-8-10-29-20;1-2-3;1-2/h4-8,10-11H,2-3,9,12,23H2,1H3,(H,26,27);2H,1,3H2;1-2H3. The number of hydrogen-bond donors (Lipinski definition) is 3. The number of thiazole rings is 1. The van der Waals surface area contributed by atoms with Gasteiger partial charge in [-0.15, -0.1) is 34.4 Å². The second-order valence-corrected chi connectivity index (χ2v) is 10.3. The van der Waals surface area contributed by atoms with Crippen molar-refractivity contribution in [1.29, 1.82) is 0 Å². The Morgan fingerprint density at radius 3 is 2.56 bits per heavy atom. The van der Waals surface area contributed by atoms with Gasteiger partial charge in [0, 0.05) is 17.0 Å². The Bertz CT molecular complexity index is 1240. The Balaban J connectivity index is 0.000000850. The molecule has 0 radical (unpaired) electrons. The van der Waals surface area contributed by atoms with Crippen LogP contribution in [0.4, 0.5) is 5.69 Å². The predicted octanol–water partition coefficient (Wildman–Crippen LogP) is 7.14. The van der Waals surface area contributed by atoms with Crippen molar-refractivity contribution in [2.45, 2.75) is 37.8 Å². The fourth-order valence-electron chi connectivity index (χ4n) is 3.08. The zero-order valence-corrected chi connectivity index (χ0v) is 23.1. The smallest absolute Gasteiger partial charge is 0.341 e. The van der Waals surface area contributed by atoms with E-state index in [1.165, 1.54) is 6.20 Å². The molecular weight excluding hydrogens is 513 g/mol. The number of pyridine rings is 1. The van der Waals surface area contributed by atoms with Gasteiger partial charge in [0.25, 0.3) is 0 Å². The number of thiophene rings is 1. The number of nitrogen functional groups attached to an aromatic ring is 1. The Labute approximate surface area is 224 Å². The summed E-state index contributed by atoms with van der Waals surface area (Å²) < 4.78 is 6.36. The first-order valence-corrected chi connectivity index (χ1v) is 14.2. The van der Waals surface area contributed by atoms with Gasteiger partial charge in [-0.2, -0.15) is 0 Å². The van der Waals surface area contributed by atoms with Crippen LogP contribution in [0.5, 0.6) is 5.75 Å². The van der Waals surface area contributed by atoms with Crippen molar-refractivity contribution in [2.75, 3.05) is 18.1 Å². The first-order chi connectivity index (χ1) is 17.5. The topological polar surface area (TPSA) is 124 Å². The zero-order chi connectivity index (χ0) is 26.5. The van der Waals surface area contributed by atoms with Gasteiger partial charge < -0.3 is 21.3 Å². The van der Waals surface area contributed by atoms with Gasteiger partial charge >= 0.3 is 5.97 Å². The Kier molecular flexibility index (Phi) is 12.2. The van der Waals surface area contributed by atoms with Gasteiger partial charge in [0.1, 0.15) is 21.3 Å². The highest BCUT2D eigenvalue weighted by atomic mass is 32.2. The molecule has 0 atom stereocenters. The van der Waals surface area contributed by atoms with Crippen LogP contribution in [0.1, 0.15) is 33.6 Å². The number of aromatic nitrogens is 2. The molecule has 0 saturated carbocycles. The number of aliphatic carboxylic acids is 1. The molecule has 0 aliphatic rings. The minimum Gasteiger partial charge on any atom is -0.482 e. The SMILES string of the molecule is C=CN.CC.CCCCSc1sc2nc(-c3nccs3)cc(-c3ccc(OCC(=O)O)cc3)c2c1N. The van der Waals surface area contributed by atoms with Crippen molar-refractivity contribution in [2.24, 2.45) is 5.73 Å². The summed E-state index contributed by atoms with van der Waals surface area (Å²) in [7, 11) is 0. The van der Waals surface area contributed by atoms with Gasteiger partial charge in [-0.1, -0.05) is 45.9 Å². The number of fused-ring (bicyclic) bond motifs is 1. The molecule has 0 aliphatic carbocycles. The summed E-state index contributed by atoms with van der Waals surface area (Å²) in [6.45, 7) is 8.95. The molecule has 4 aromatic rings. The number of unbranched alkanes of at least 4 members (excludes halogenated alkanes) is 1. The van der Waals surface area contributed by atoms with Crippen molar-refractivity contribution in [3.05, 3.63) is 54.7 Å². The molecule has 0 saturated heterocycles. The van der Waals surface area contributed by atoms with E-state index in [4.69, 9.17) is 20.6 Å². The van der Waals surface area contributed by atoms with E-state index in [0.717, 1.165) is 60.5 Å². The summed E-state index contributed by atoms with van der Waals surface area (Å²) in [4.78, 5) is 20.9. The average molecular weight is 545 g/mol. The molecule has 0 amide bonds. The van der Waals surface area contributed by atoms with E-state index in [-0.39, 0.29) is 6.61 Å². The largest absolute Gasteiger partial charge is 0.482 e. The predicted molar refractivity (Wildman–Crippen MR) is 155 cm³/mol. The first kappa shape index (κ1) is 29.2. The van der Waals surface area contributed by atoms with Crippen LogP contribution in [-0.2, 0) is 4.79 Å². The lowest BCUT2D eigenvalue weighted by molar-refractivity contribution is -0.139. The van der Waals surface area contributed by atoms with Gasteiger partial charge in [-0.3, -0.25) is 0 Å². The number of rotatable bonds is 9. The van der Waals surface area contributed by atoms with Crippen LogP contribution in [-0.4, -0.2) is 33.4 Å². The molecule has 36 heavy (non-hydrogen) atoms. The van der Waals surface area contributed by atoms with Gasteiger partial charge in [0.05, 0.1) is 9.90 Å². The number of benzene rings is 1. The van der Waals surface area contributed by atoms with Crippen LogP contribution in [0.2, 0.25) is 0 Å². The average Bonchev–Trinajstić information content (AvgIpc) is 3.53. The molecule has 10 heteroatoms. The third kappa shape index (κ3) is 7.71. The van der Waals surface area contributed by atoms with Gasteiger partial charge in [-0.05, 0) is 47.7 Å². The number of hydrogen-bond acceptors (Lipinski definition) is 9. The fourth-order valence-corrected chi connectivity index (χ4v) is 6.13. The molecule has 4 rings (SSSR count). The summed E-state index contributed by atoms with van der Waals surface area (Å²) in [5.74, 6) is 0.524. The van der Waals surface area contributed by atoms with Crippen LogP contribution < -0.4 is 16.2 Å². The van der Waals surface area contributed by atoms with E-state index in [1.807, 2.05) is 37.4 Å². The summed E-state index contributed by atoms with van der Waals surface area (Å²) in [5.41, 5.74) is 14.7. The molecule has 3 aromatic heterocycles. The normalized spacial score (nSPS) is 10.1. The number of thioether (sulfide) groups is 1. The monoisotopic (exact) mass is 544 g/mol. The molecule has 0 spiro atoms. The maximum Gasteiger partial charge on any atom is 0.341 e.